The lowest BCUT2D eigenvalue weighted by molar-refractivity contribution is -0.0504. The molecule has 0 radical (unpaired) electrons. The predicted molar refractivity (Wildman–Crippen MR) is 112 cm³/mol. The summed E-state index contributed by atoms with van der Waals surface area (Å²) in [5.41, 5.74) is 2.18. The summed E-state index contributed by atoms with van der Waals surface area (Å²) in [6, 6.07) is 11.9. The van der Waals surface area contributed by atoms with Crippen LogP contribution in [0, 0.1) is 23.2 Å². The molecule has 4 saturated carbocycles. The second kappa shape index (κ2) is 6.83. The van der Waals surface area contributed by atoms with Gasteiger partial charge in [-0.3, -0.25) is 4.79 Å². The number of hydrogen-bond donors (Lipinski definition) is 1. The third-order valence-electron chi connectivity index (χ3n) is 7.44. The molecule has 0 aliphatic heterocycles. The molecule has 6 heteroatoms. The third kappa shape index (κ3) is 3.15. The van der Waals surface area contributed by atoms with Gasteiger partial charge in [0.05, 0.1) is 0 Å². The quantitative estimate of drug-likeness (QED) is 0.683. The van der Waals surface area contributed by atoms with Crippen molar-refractivity contribution in [3.63, 3.8) is 0 Å². The van der Waals surface area contributed by atoms with E-state index in [2.05, 4.69) is 15.5 Å². The molecule has 1 aromatic carbocycles. The Hall–Kier alpha value is -2.89. The average Bonchev–Trinajstić information content (AvgIpc) is 3.44. The fourth-order valence-electron chi connectivity index (χ4n) is 6.57. The summed E-state index contributed by atoms with van der Waals surface area (Å²) in [5, 5.41) is 7.13. The van der Waals surface area contributed by atoms with Crippen LogP contribution in [0.1, 0.15) is 49.2 Å². The van der Waals surface area contributed by atoms with Crippen LogP contribution in [0.25, 0.3) is 17.1 Å². The number of carbonyl (C=O) groups is 1. The van der Waals surface area contributed by atoms with E-state index in [1.54, 1.807) is 0 Å². The Kier molecular flexibility index (Phi) is 4.08. The molecule has 4 aliphatic rings. The zero-order valence-corrected chi connectivity index (χ0v) is 17.0. The first kappa shape index (κ1) is 17.9. The van der Waals surface area contributed by atoms with Crippen LogP contribution in [0.2, 0.25) is 0 Å². The summed E-state index contributed by atoms with van der Waals surface area (Å²) >= 11 is 0. The molecule has 6 nitrogen and oxygen atoms in total. The molecule has 7 rings (SSSR count). The van der Waals surface area contributed by atoms with Crippen molar-refractivity contribution in [2.75, 3.05) is 6.54 Å². The van der Waals surface area contributed by atoms with Gasteiger partial charge in [-0.1, -0.05) is 5.16 Å². The summed E-state index contributed by atoms with van der Waals surface area (Å²) in [6.07, 6.45) is 12.0. The summed E-state index contributed by atoms with van der Waals surface area (Å²) < 4.78 is 7.31. The second-order valence-corrected chi connectivity index (χ2v) is 9.66. The number of rotatable bonds is 5. The molecule has 4 bridgehead atoms. The maximum absolute atomic E-state index is 12.7. The van der Waals surface area contributed by atoms with Crippen LogP contribution in [0.4, 0.5) is 0 Å². The molecule has 4 fully saturated rings. The van der Waals surface area contributed by atoms with Crippen molar-refractivity contribution in [2.45, 2.75) is 38.5 Å². The van der Waals surface area contributed by atoms with Crippen molar-refractivity contribution in [1.82, 2.24) is 20.0 Å². The van der Waals surface area contributed by atoms with Gasteiger partial charge in [-0.25, -0.2) is 0 Å². The Balaban J connectivity index is 1.13. The van der Waals surface area contributed by atoms with Crippen molar-refractivity contribution in [1.29, 1.82) is 0 Å². The molecule has 0 saturated heterocycles. The van der Waals surface area contributed by atoms with Gasteiger partial charge in [0.15, 0.2) is 0 Å². The summed E-state index contributed by atoms with van der Waals surface area (Å²) in [6.45, 7) is 0.735. The number of aromatic nitrogens is 3. The molecule has 3 aromatic rings. The van der Waals surface area contributed by atoms with Gasteiger partial charge in [0, 0.05) is 30.2 Å². The average molecular weight is 402 g/mol. The highest BCUT2D eigenvalue weighted by Crippen LogP contribution is 2.59. The highest BCUT2D eigenvalue weighted by atomic mass is 16.5. The van der Waals surface area contributed by atoms with E-state index in [9.17, 15) is 4.79 Å². The summed E-state index contributed by atoms with van der Waals surface area (Å²) in [4.78, 5) is 17.0. The van der Waals surface area contributed by atoms with Crippen molar-refractivity contribution in [3.05, 3.63) is 54.7 Å². The van der Waals surface area contributed by atoms with E-state index in [1.165, 1.54) is 38.5 Å². The lowest BCUT2D eigenvalue weighted by Gasteiger charge is -2.56. The van der Waals surface area contributed by atoms with Gasteiger partial charge in [0.25, 0.3) is 0 Å². The number of nitrogens with zero attached hydrogens (tertiary/aromatic N) is 3. The molecule has 0 unspecified atom stereocenters. The van der Waals surface area contributed by atoms with Crippen molar-refractivity contribution < 1.29 is 9.32 Å². The Bertz CT molecular complexity index is 1020. The van der Waals surface area contributed by atoms with Crippen LogP contribution in [0.3, 0.4) is 0 Å². The SMILES string of the molecule is O=C(NCC12CC3CC(CC(C3)C1)C2)c1nc(-c2ccc(-n3cccc3)cc2)no1. The van der Waals surface area contributed by atoms with Crippen LogP contribution in [-0.2, 0) is 0 Å². The number of hydrogen-bond acceptors (Lipinski definition) is 4. The van der Waals surface area contributed by atoms with Gasteiger partial charge in [0.2, 0.25) is 5.82 Å². The minimum absolute atomic E-state index is 0.0456. The Labute approximate surface area is 175 Å². The second-order valence-electron chi connectivity index (χ2n) is 9.66. The van der Waals surface area contributed by atoms with Gasteiger partial charge >= 0.3 is 11.8 Å². The van der Waals surface area contributed by atoms with Gasteiger partial charge < -0.3 is 14.4 Å². The van der Waals surface area contributed by atoms with E-state index in [1.807, 2.05) is 53.4 Å². The molecule has 2 heterocycles. The highest BCUT2D eigenvalue weighted by molar-refractivity contribution is 5.89. The maximum Gasteiger partial charge on any atom is 0.316 e. The van der Waals surface area contributed by atoms with Gasteiger partial charge in [-0.05, 0) is 98.1 Å². The predicted octanol–water partition coefficient (Wildman–Crippen LogP) is 4.47. The summed E-state index contributed by atoms with van der Waals surface area (Å²) in [7, 11) is 0. The zero-order valence-electron chi connectivity index (χ0n) is 17.0. The van der Waals surface area contributed by atoms with Gasteiger partial charge in [0.1, 0.15) is 0 Å². The van der Waals surface area contributed by atoms with E-state index in [-0.39, 0.29) is 11.8 Å². The molecule has 0 atom stereocenters. The van der Waals surface area contributed by atoms with Crippen LogP contribution in [-0.4, -0.2) is 27.2 Å². The fraction of sp³-hybridized carbons (Fsp3) is 0.458. The van der Waals surface area contributed by atoms with Crippen molar-refractivity contribution >= 4 is 5.91 Å². The Morgan fingerprint density at radius 1 is 1.03 bits per heavy atom. The van der Waals surface area contributed by atoms with E-state index >= 15 is 0 Å². The molecule has 2 aromatic heterocycles. The number of carbonyl (C=O) groups excluding carboxylic acids is 1. The number of benzene rings is 1. The monoisotopic (exact) mass is 402 g/mol. The molecular formula is C24H26N4O2. The number of amides is 1. The molecule has 154 valence electrons. The Morgan fingerprint density at radius 2 is 1.67 bits per heavy atom. The minimum atomic E-state index is -0.256. The highest BCUT2D eigenvalue weighted by Gasteiger charge is 2.50. The molecule has 1 amide bonds. The van der Waals surface area contributed by atoms with Crippen LogP contribution >= 0.6 is 0 Å². The molecular weight excluding hydrogens is 376 g/mol. The van der Waals surface area contributed by atoms with E-state index < -0.39 is 0 Å². The first-order valence-corrected chi connectivity index (χ1v) is 11.0. The largest absolute Gasteiger partial charge is 0.347 e. The molecule has 30 heavy (non-hydrogen) atoms. The normalized spacial score (nSPS) is 29.3. The van der Waals surface area contributed by atoms with Crippen molar-refractivity contribution in [2.24, 2.45) is 23.2 Å². The lowest BCUT2D eigenvalue weighted by Crippen LogP contribution is -2.51. The maximum atomic E-state index is 12.7. The zero-order chi connectivity index (χ0) is 20.1. The number of nitrogens with one attached hydrogen (secondary N) is 1. The topological polar surface area (TPSA) is 73.0 Å². The standard InChI is InChI=1S/C24H26N4O2/c29-22(25-15-24-12-16-9-17(13-24)11-18(10-16)14-24)23-26-21(27-30-23)19-3-5-20(6-4-19)28-7-1-2-8-28/h1-8,16-18H,9-15H2,(H,25,29). The summed E-state index contributed by atoms with van der Waals surface area (Å²) in [5.74, 6) is 2.85. The Morgan fingerprint density at radius 3 is 2.30 bits per heavy atom. The van der Waals surface area contributed by atoms with Crippen LogP contribution in [0.15, 0.2) is 53.3 Å². The fourth-order valence-corrected chi connectivity index (χ4v) is 6.57. The molecule has 0 spiro atoms. The van der Waals surface area contributed by atoms with Crippen LogP contribution < -0.4 is 5.32 Å². The van der Waals surface area contributed by atoms with Crippen molar-refractivity contribution in [3.8, 4) is 17.1 Å². The van der Waals surface area contributed by atoms with E-state index in [4.69, 9.17) is 4.52 Å². The van der Waals surface area contributed by atoms with E-state index in [0.29, 0.717) is 11.2 Å². The van der Waals surface area contributed by atoms with E-state index in [0.717, 1.165) is 35.5 Å². The first-order chi connectivity index (χ1) is 14.7. The van der Waals surface area contributed by atoms with Gasteiger partial charge in [-0.15, -0.1) is 0 Å². The van der Waals surface area contributed by atoms with Crippen LogP contribution in [0.5, 0.6) is 0 Å². The lowest BCUT2D eigenvalue weighted by atomic mass is 9.49. The third-order valence-corrected chi connectivity index (χ3v) is 7.44. The molecule has 4 aliphatic carbocycles. The molecule has 1 N–H and O–H groups in total. The smallest absolute Gasteiger partial charge is 0.316 e. The van der Waals surface area contributed by atoms with Gasteiger partial charge in [-0.2, -0.15) is 4.98 Å². The minimum Gasteiger partial charge on any atom is -0.347 e. The first-order valence-electron chi connectivity index (χ1n) is 11.0.